The Bertz CT molecular complexity index is 724. The number of rotatable bonds is 5. The van der Waals surface area contributed by atoms with Gasteiger partial charge in [-0.15, -0.1) is 0 Å². The van der Waals surface area contributed by atoms with E-state index in [4.69, 9.17) is 4.74 Å². The fraction of sp³-hybridized carbons (Fsp3) is 0.929. The maximum absolute atomic E-state index is 10.7. The number of allylic oxidation sites excluding steroid dienone is 1. The molecule has 0 aromatic rings. The van der Waals surface area contributed by atoms with Gasteiger partial charge in [-0.1, -0.05) is 40.7 Å². The van der Waals surface area contributed by atoms with Crippen LogP contribution in [0.2, 0.25) is 0 Å². The first kappa shape index (κ1) is 22.4. The van der Waals surface area contributed by atoms with Crippen molar-refractivity contribution in [3.8, 4) is 0 Å². The zero-order valence-electron chi connectivity index (χ0n) is 20.6. The monoisotopic (exact) mass is 430 g/mol. The molecule has 4 fully saturated rings. The summed E-state index contributed by atoms with van der Waals surface area (Å²) in [5.41, 5.74) is 1.93. The van der Waals surface area contributed by atoms with Gasteiger partial charge in [0, 0.05) is 0 Å². The molecule has 2 N–H and O–H groups in total. The van der Waals surface area contributed by atoms with E-state index in [0.717, 1.165) is 49.5 Å². The zero-order valence-corrected chi connectivity index (χ0v) is 20.6. The van der Waals surface area contributed by atoms with Crippen LogP contribution in [0.5, 0.6) is 0 Å². The Morgan fingerprint density at radius 2 is 1.77 bits per heavy atom. The minimum absolute atomic E-state index is 0.0968. The molecule has 3 heteroatoms. The van der Waals surface area contributed by atoms with Gasteiger partial charge in [0.15, 0.2) is 0 Å². The van der Waals surface area contributed by atoms with Crippen LogP contribution in [0.1, 0.15) is 92.4 Å². The van der Waals surface area contributed by atoms with Gasteiger partial charge in [0.05, 0.1) is 18.3 Å². The van der Waals surface area contributed by atoms with Crippen LogP contribution < -0.4 is 0 Å². The summed E-state index contributed by atoms with van der Waals surface area (Å²) >= 11 is 0. The zero-order chi connectivity index (χ0) is 22.2. The molecule has 10 unspecified atom stereocenters. The first-order chi connectivity index (χ1) is 14.6. The maximum atomic E-state index is 10.7. The second-order valence-corrected chi connectivity index (χ2v) is 13.0. The van der Waals surface area contributed by atoms with Gasteiger partial charge in [0.1, 0.15) is 6.10 Å². The molecule has 1 saturated heterocycles. The lowest BCUT2D eigenvalue weighted by Gasteiger charge is -2.59. The van der Waals surface area contributed by atoms with E-state index in [1.54, 1.807) is 0 Å². The lowest BCUT2D eigenvalue weighted by atomic mass is 9.46. The summed E-state index contributed by atoms with van der Waals surface area (Å²) < 4.78 is 5.91. The average Bonchev–Trinajstić information content (AvgIpc) is 3.44. The number of aliphatic hydroxyl groups excluding tert-OH is 2. The van der Waals surface area contributed by atoms with Gasteiger partial charge in [-0.3, -0.25) is 0 Å². The highest BCUT2D eigenvalue weighted by Gasteiger charge is 2.60. The fourth-order valence-electron chi connectivity index (χ4n) is 9.23. The molecule has 0 amide bonds. The molecule has 10 atom stereocenters. The predicted molar refractivity (Wildman–Crippen MR) is 125 cm³/mol. The van der Waals surface area contributed by atoms with E-state index in [1.165, 1.54) is 44.1 Å². The van der Waals surface area contributed by atoms with Crippen molar-refractivity contribution in [2.75, 3.05) is 6.61 Å². The summed E-state index contributed by atoms with van der Waals surface area (Å²) in [6, 6.07) is 0. The highest BCUT2D eigenvalue weighted by atomic mass is 16.6. The Balaban J connectivity index is 1.32. The molecule has 176 valence electrons. The molecule has 31 heavy (non-hydrogen) atoms. The van der Waals surface area contributed by atoms with Gasteiger partial charge >= 0.3 is 0 Å². The second kappa shape index (κ2) is 7.57. The molecule has 0 aromatic carbocycles. The van der Waals surface area contributed by atoms with E-state index < -0.39 is 12.2 Å². The largest absolute Gasteiger partial charge is 0.390 e. The Morgan fingerprint density at radius 3 is 2.45 bits per heavy atom. The minimum atomic E-state index is -0.637. The molecule has 5 rings (SSSR count). The number of hydrogen-bond acceptors (Lipinski definition) is 3. The Morgan fingerprint density at radius 1 is 1.03 bits per heavy atom. The van der Waals surface area contributed by atoms with E-state index in [2.05, 4.69) is 40.7 Å². The average molecular weight is 431 g/mol. The summed E-state index contributed by atoms with van der Waals surface area (Å²) in [6.45, 7) is 13.2. The molecular formula is C28H46O3. The first-order valence-electron chi connectivity index (χ1n) is 13.3. The van der Waals surface area contributed by atoms with E-state index in [1.807, 2.05) is 0 Å². The van der Waals surface area contributed by atoms with Gasteiger partial charge in [0.2, 0.25) is 0 Å². The number of hydrogen-bond donors (Lipinski definition) is 2. The van der Waals surface area contributed by atoms with Crippen LogP contribution in [0.25, 0.3) is 0 Å². The third-order valence-electron chi connectivity index (χ3n) is 11.5. The number of fused-ring (bicyclic) bond motifs is 5. The molecule has 3 saturated carbocycles. The molecule has 1 heterocycles. The highest BCUT2D eigenvalue weighted by molar-refractivity contribution is 5.29. The number of epoxide rings is 1. The molecule has 0 aromatic heterocycles. The van der Waals surface area contributed by atoms with E-state index in [9.17, 15) is 10.2 Å². The predicted octanol–water partition coefficient (Wildman–Crippen LogP) is 5.74. The highest BCUT2D eigenvalue weighted by Crippen LogP contribution is 2.67. The van der Waals surface area contributed by atoms with Crippen LogP contribution in [0.15, 0.2) is 11.6 Å². The molecule has 3 nitrogen and oxygen atoms in total. The third kappa shape index (κ3) is 3.31. The van der Waals surface area contributed by atoms with Gasteiger partial charge in [-0.05, 0) is 110 Å². The Kier molecular flexibility index (Phi) is 5.47. The first-order valence-corrected chi connectivity index (χ1v) is 13.3. The van der Waals surface area contributed by atoms with Crippen molar-refractivity contribution in [2.45, 2.75) is 110 Å². The van der Waals surface area contributed by atoms with Crippen molar-refractivity contribution in [2.24, 2.45) is 46.3 Å². The lowest BCUT2D eigenvalue weighted by Crippen LogP contribution is -2.53. The normalized spacial score (nSPS) is 52.2. The summed E-state index contributed by atoms with van der Waals surface area (Å²) in [4.78, 5) is 0. The van der Waals surface area contributed by atoms with E-state index in [-0.39, 0.29) is 11.0 Å². The van der Waals surface area contributed by atoms with Crippen molar-refractivity contribution in [1.29, 1.82) is 0 Å². The Hall–Kier alpha value is -0.380. The van der Waals surface area contributed by atoms with E-state index in [0.29, 0.717) is 17.3 Å². The second-order valence-electron chi connectivity index (χ2n) is 13.0. The van der Waals surface area contributed by atoms with Crippen LogP contribution in [0, 0.1) is 46.3 Å². The summed E-state index contributed by atoms with van der Waals surface area (Å²) in [6.07, 6.45) is 12.0. The fourth-order valence-corrected chi connectivity index (χ4v) is 9.23. The maximum Gasteiger partial charge on any atom is 0.101 e. The summed E-state index contributed by atoms with van der Waals surface area (Å²) in [5.74, 6) is 4.54. The molecular weight excluding hydrogens is 384 g/mol. The topological polar surface area (TPSA) is 53.0 Å². The van der Waals surface area contributed by atoms with Crippen LogP contribution in [0.3, 0.4) is 0 Å². The van der Waals surface area contributed by atoms with Crippen molar-refractivity contribution >= 4 is 0 Å². The van der Waals surface area contributed by atoms with E-state index >= 15 is 0 Å². The van der Waals surface area contributed by atoms with Crippen LogP contribution in [-0.2, 0) is 4.74 Å². The van der Waals surface area contributed by atoms with Gasteiger partial charge < -0.3 is 14.9 Å². The van der Waals surface area contributed by atoms with Crippen molar-refractivity contribution in [3.05, 3.63) is 11.6 Å². The third-order valence-corrected chi connectivity index (χ3v) is 11.5. The molecule has 5 aliphatic rings. The smallest absolute Gasteiger partial charge is 0.101 e. The van der Waals surface area contributed by atoms with Crippen molar-refractivity contribution in [1.82, 2.24) is 0 Å². The summed E-state index contributed by atoms with van der Waals surface area (Å²) in [7, 11) is 0. The lowest BCUT2D eigenvalue weighted by molar-refractivity contribution is -0.0803. The molecule has 4 aliphatic carbocycles. The molecule has 0 bridgehead atoms. The van der Waals surface area contributed by atoms with Gasteiger partial charge in [0.25, 0.3) is 0 Å². The molecule has 0 spiro atoms. The quantitative estimate of drug-likeness (QED) is 0.432. The van der Waals surface area contributed by atoms with Gasteiger partial charge in [-0.2, -0.15) is 0 Å². The van der Waals surface area contributed by atoms with Crippen LogP contribution >= 0.6 is 0 Å². The molecule has 1 aliphatic heterocycles. The number of ether oxygens (including phenoxy) is 1. The SMILES string of the molecule is CC(CCC1(C(C)C)CO1)C1CCC2C3CC=C4C(O)C(O)CCC4(C)C3CCC12C. The van der Waals surface area contributed by atoms with Crippen LogP contribution in [-0.4, -0.2) is 34.6 Å². The van der Waals surface area contributed by atoms with Crippen LogP contribution in [0.4, 0.5) is 0 Å². The summed E-state index contributed by atoms with van der Waals surface area (Å²) in [5, 5.41) is 21.0. The number of aliphatic hydroxyl groups is 2. The van der Waals surface area contributed by atoms with Gasteiger partial charge in [-0.25, -0.2) is 0 Å². The Labute approximate surface area is 190 Å². The van der Waals surface area contributed by atoms with Crippen molar-refractivity contribution in [3.63, 3.8) is 0 Å². The minimum Gasteiger partial charge on any atom is -0.390 e. The van der Waals surface area contributed by atoms with Crippen molar-refractivity contribution < 1.29 is 14.9 Å². The standard InChI is InChI=1S/C28H46O3/c1-17(2)28(16-31-28)15-10-18(3)20-8-9-21-19-6-7-23-25(30)24(29)12-14-27(23,5)22(19)11-13-26(20,21)4/h7,17-22,24-25,29-30H,6,8-16H2,1-5H3. The molecule has 0 radical (unpaired) electrons.